The number of hydrogen-bond donors (Lipinski definition) is 1. The van der Waals surface area contributed by atoms with Crippen molar-refractivity contribution in [2.45, 2.75) is 26.7 Å². The second-order valence-corrected chi connectivity index (χ2v) is 6.84. The minimum Gasteiger partial charge on any atom is -0.324 e. The predicted octanol–water partition coefficient (Wildman–Crippen LogP) is 5.11. The number of benzene rings is 2. The van der Waals surface area contributed by atoms with Crippen LogP contribution in [-0.2, 0) is 9.59 Å². The number of halogens is 2. The molecule has 0 aromatic heterocycles. The van der Waals surface area contributed by atoms with Gasteiger partial charge in [0, 0.05) is 18.3 Å². The zero-order valence-electron chi connectivity index (χ0n) is 14.3. The number of nitrogens with one attached hydrogen (secondary N) is 1. The lowest BCUT2D eigenvalue weighted by Gasteiger charge is -2.21. The molecule has 0 fully saturated rings. The number of amides is 2. The van der Waals surface area contributed by atoms with Gasteiger partial charge in [0.05, 0.1) is 10.0 Å². The third-order valence-corrected chi connectivity index (χ3v) is 4.50. The summed E-state index contributed by atoms with van der Waals surface area (Å²) in [6.45, 7) is 5.55. The van der Waals surface area contributed by atoms with Crippen molar-refractivity contribution in [2.24, 2.45) is 0 Å². The van der Waals surface area contributed by atoms with Gasteiger partial charge < -0.3 is 10.2 Å². The summed E-state index contributed by atoms with van der Waals surface area (Å²) >= 11 is 11.8. The second kappa shape index (κ2) is 8.37. The largest absolute Gasteiger partial charge is 0.324 e. The standard InChI is InChI=1S/C19H20Cl2N2O2/c1-12(2)14-4-7-16(8-5-14)23(13(3)24)11-19(25)22-15-6-9-17(20)18(21)10-15/h4-10,12H,11H2,1-3H3,(H,22,25). The minimum absolute atomic E-state index is 0.0867. The van der Waals surface area contributed by atoms with Crippen LogP contribution in [-0.4, -0.2) is 18.4 Å². The number of carbonyl (C=O) groups is 2. The lowest BCUT2D eigenvalue weighted by Crippen LogP contribution is -2.36. The number of carbonyl (C=O) groups excluding carboxylic acids is 2. The molecule has 0 saturated heterocycles. The molecule has 0 aliphatic carbocycles. The van der Waals surface area contributed by atoms with E-state index in [1.54, 1.807) is 18.2 Å². The first-order valence-corrected chi connectivity index (χ1v) is 8.66. The molecule has 2 rings (SSSR count). The van der Waals surface area contributed by atoms with Gasteiger partial charge in [0.2, 0.25) is 11.8 Å². The zero-order valence-corrected chi connectivity index (χ0v) is 15.9. The van der Waals surface area contributed by atoms with Gasteiger partial charge in [-0.25, -0.2) is 0 Å². The Labute approximate surface area is 157 Å². The van der Waals surface area contributed by atoms with Gasteiger partial charge in [0.25, 0.3) is 0 Å². The fraction of sp³-hybridized carbons (Fsp3) is 0.263. The molecule has 0 spiro atoms. The van der Waals surface area contributed by atoms with Crippen LogP contribution in [0.25, 0.3) is 0 Å². The first-order valence-electron chi connectivity index (χ1n) is 7.91. The van der Waals surface area contributed by atoms with E-state index in [-0.39, 0.29) is 18.4 Å². The van der Waals surface area contributed by atoms with Crippen molar-refractivity contribution in [3.63, 3.8) is 0 Å². The summed E-state index contributed by atoms with van der Waals surface area (Å²) in [5.74, 6) is -0.124. The van der Waals surface area contributed by atoms with Gasteiger partial charge in [0.1, 0.15) is 6.54 Å². The maximum atomic E-state index is 12.3. The van der Waals surface area contributed by atoms with E-state index in [1.807, 2.05) is 24.3 Å². The van der Waals surface area contributed by atoms with Gasteiger partial charge >= 0.3 is 0 Å². The van der Waals surface area contributed by atoms with Crippen molar-refractivity contribution in [2.75, 3.05) is 16.8 Å². The SMILES string of the molecule is CC(=O)N(CC(=O)Nc1ccc(Cl)c(Cl)c1)c1ccc(C(C)C)cc1. The lowest BCUT2D eigenvalue weighted by atomic mass is 10.0. The van der Waals surface area contributed by atoms with E-state index in [0.29, 0.717) is 27.3 Å². The fourth-order valence-electron chi connectivity index (χ4n) is 2.34. The van der Waals surface area contributed by atoms with Crippen LogP contribution in [0.4, 0.5) is 11.4 Å². The van der Waals surface area contributed by atoms with Crippen LogP contribution in [0.1, 0.15) is 32.3 Å². The molecule has 0 saturated carbocycles. The van der Waals surface area contributed by atoms with E-state index < -0.39 is 0 Å². The Morgan fingerprint density at radius 2 is 1.68 bits per heavy atom. The Kier molecular flexibility index (Phi) is 6.45. The van der Waals surface area contributed by atoms with Crippen LogP contribution >= 0.6 is 23.2 Å². The normalized spacial score (nSPS) is 10.6. The summed E-state index contributed by atoms with van der Waals surface area (Å²) in [6, 6.07) is 12.5. The van der Waals surface area contributed by atoms with Crippen LogP contribution in [0, 0.1) is 0 Å². The van der Waals surface area contributed by atoms with Crippen LogP contribution in [0.15, 0.2) is 42.5 Å². The zero-order chi connectivity index (χ0) is 18.6. The van der Waals surface area contributed by atoms with Gasteiger partial charge in [-0.1, -0.05) is 49.2 Å². The molecule has 2 aromatic carbocycles. The Morgan fingerprint density at radius 1 is 1.04 bits per heavy atom. The Bertz CT molecular complexity index is 773. The number of nitrogens with zero attached hydrogens (tertiary/aromatic N) is 1. The minimum atomic E-state index is -0.318. The summed E-state index contributed by atoms with van der Waals surface area (Å²) < 4.78 is 0. The molecule has 132 valence electrons. The highest BCUT2D eigenvalue weighted by molar-refractivity contribution is 6.42. The van der Waals surface area contributed by atoms with Crippen molar-refractivity contribution < 1.29 is 9.59 Å². The molecule has 0 radical (unpaired) electrons. The van der Waals surface area contributed by atoms with Crippen LogP contribution in [0.3, 0.4) is 0 Å². The second-order valence-electron chi connectivity index (χ2n) is 6.03. The Balaban J connectivity index is 2.11. The molecule has 0 bridgehead atoms. The molecule has 0 atom stereocenters. The third kappa shape index (κ3) is 5.21. The monoisotopic (exact) mass is 378 g/mol. The molecule has 0 aliphatic heterocycles. The molecule has 1 N–H and O–H groups in total. The quantitative estimate of drug-likeness (QED) is 0.785. The predicted molar refractivity (Wildman–Crippen MR) is 104 cm³/mol. The first kappa shape index (κ1) is 19.3. The summed E-state index contributed by atoms with van der Waals surface area (Å²) in [5, 5.41) is 3.48. The fourth-order valence-corrected chi connectivity index (χ4v) is 2.64. The average molecular weight is 379 g/mol. The van der Waals surface area contributed by atoms with Gasteiger partial charge in [-0.15, -0.1) is 0 Å². The molecule has 25 heavy (non-hydrogen) atoms. The van der Waals surface area contributed by atoms with Crippen molar-refractivity contribution >= 4 is 46.4 Å². The lowest BCUT2D eigenvalue weighted by molar-refractivity contribution is -0.120. The third-order valence-electron chi connectivity index (χ3n) is 3.76. The maximum absolute atomic E-state index is 12.3. The molecular formula is C19H20Cl2N2O2. The van der Waals surface area contributed by atoms with Crippen molar-refractivity contribution in [3.05, 3.63) is 58.1 Å². The topological polar surface area (TPSA) is 49.4 Å². The van der Waals surface area contributed by atoms with E-state index in [1.165, 1.54) is 17.4 Å². The van der Waals surface area contributed by atoms with Gasteiger partial charge in [-0.05, 0) is 41.8 Å². The van der Waals surface area contributed by atoms with E-state index in [2.05, 4.69) is 19.2 Å². The molecule has 2 amide bonds. The highest BCUT2D eigenvalue weighted by Gasteiger charge is 2.16. The van der Waals surface area contributed by atoms with Crippen LogP contribution in [0.5, 0.6) is 0 Å². The smallest absolute Gasteiger partial charge is 0.244 e. The van der Waals surface area contributed by atoms with E-state index in [9.17, 15) is 9.59 Å². The highest BCUT2D eigenvalue weighted by Crippen LogP contribution is 2.25. The average Bonchev–Trinajstić information content (AvgIpc) is 2.56. The maximum Gasteiger partial charge on any atom is 0.244 e. The van der Waals surface area contributed by atoms with Gasteiger partial charge in [-0.3, -0.25) is 9.59 Å². The molecule has 6 heteroatoms. The van der Waals surface area contributed by atoms with Gasteiger partial charge in [-0.2, -0.15) is 0 Å². The highest BCUT2D eigenvalue weighted by atomic mass is 35.5. The Hall–Kier alpha value is -2.04. The van der Waals surface area contributed by atoms with Crippen LogP contribution < -0.4 is 10.2 Å². The summed E-state index contributed by atoms with van der Waals surface area (Å²) in [4.78, 5) is 25.7. The van der Waals surface area contributed by atoms with Gasteiger partial charge in [0.15, 0.2) is 0 Å². The summed E-state index contributed by atoms with van der Waals surface area (Å²) in [5.41, 5.74) is 2.38. The van der Waals surface area contributed by atoms with Crippen molar-refractivity contribution in [1.29, 1.82) is 0 Å². The van der Waals surface area contributed by atoms with Crippen molar-refractivity contribution in [3.8, 4) is 0 Å². The molecular weight excluding hydrogens is 359 g/mol. The molecule has 2 aromatic rings. The molecule has 0 heterocycles. The number of anilines is 2. The molecule has 4 nitrogen and oxygen atoms in total. The van der Waals surface area contributed by atoms with E-state index in [0.717, 1.165) is 0 Å². The summed E-state index contributed by atoms with van der Waals surface area (Å²) in [7, 11) is 0. The summed E-state index contributed by atoms with van der Waals surface area (Å²) in [6.07, 6.45) is 0. The first-order chi connectivity index (χ1) is 11.8. The molecule has 0 unspecified atom stereocenters. The Morgan fingerprint density at radius 3 is 2.20 bits per heavy atom. The van der Waals surface area contributed by atoms with Crippen LogP contribution in [0.2, 0.25) is 10.0 Å². The molecule has 0 aliphatic rings. The van der Waals surface area contributed by atoms with E-state index in [4.69, 9.17) is 23.2 Å². The van der Waals surface area contributed by atoms with Crippen molar-refractivity contribution in [1.82, 2.24) is 0 Å². The number of hydrogen-bond acceptors (Lipinski definition) is 2. The number of rotatable bonds is 5. The van der Waals surface area contributed by atoms with E-state index >= 15 is 0 Å².